The van der Waals surface area contributed by atoms with Gasteiger partial charge in [0.25, 0.3) is 0 Å². The summed E-state index contributed by atoms with van der Waals surface area (Å²) in [6.07, 6.45) is 2.54. The first kappa shape index (κ1) is 17.4. The van der Waals surface area contributed by atoms with E-state index in [0.29, 0.717) is 24.9 Å². The number of carbonyl (C=O) groups is 3. The largest absolute Gasteiger partial charge is 0.465 e. The second kappa shape index (κ2) is 6.47. The van der Waals surface area contributed by atoms with E-state index < -0.39 is 11.4 Å². The molecule has 0 bridgehead atoms. The van der Waals surface area contributed by atoms with Crippen LogP contribution in [0, 0.1) is 11.3 Å². The first-order valence-corrected chi connectivity index (χ1v) is 8.58. The number of carbonyl (C=O) groups excluding carboxylic acids is 3. The highest BCUT2D eigenvalue weighted by Gasteiger charge is 2.57. The van der Waals surface area contributed by atoms with Gasteiger partial charge in [0.05, 0.1) is 12.7 Å². The number of hydrogen-bond acceptors (Lipinski definition) is 4. The SMILES string of the molecule is C=C(c1ccc(C(=O)OC)cc1)[C@H]1CCN(C)C(=O)[C@@]12CCCC2=O. The summed E-state index contributed by atoms with van der Waals surface area (Å²) in [5.41, 5.74) is 1.16. The quantitative estimate of drug-likeness (QED) is 0.626. The highest BCUT2D eigenvalue weighted by atomic mass is 16.5. The highest BCUT2D eigenvalue weighted by Crippen LogP contribution is 2.51. The minimum absolute atomic E-state index is 0.0429. The van der Waals surface area contributed by atoms with E-state index in [0.717, 1.165) is 24.0 Å². The lowest BCUT2D eigenvalue weighted by Gasteiger charge is -2.43. The van der Waals surface area contributed by atoms with Gasteiger partial charge in [0.2, 0.25) is 5.91 Å². The molecular weight excluding hydrogens is 318 g/mol. The van der Waals surface area contributed by atoms with Gasteiger partial charge in [-0.15, -0.1) is 0 Å². The molecule has 1 saturated carbocycles. The Balaban J connectivity index is 1.93. The predicted octanol–water partition coefficient (Wildman–Crippen LogP) is 2.70. The molecule has 5 heteroatoms. The number of Topliss-reactive ketones (excluding diaryl/α,β-unsaturated/α-hetero) is 1. The zero-order valence-electron chi connectivity index (χ0n) is 14.7. The molecule has 25 heavy (non-hydrogen) atoms. The summed E-state index contributed by atoms with van der Waals surface area (Å²) in [4.78, 5) is 38.8. The minimum Gasteiger partial charge on any atom is -0.465 e. The topological polar surface area (TPSA) is 63.7 Å². The summed E-state index contributed by atoms with van der Waals surface area (Å²) >= 11 is 0. The summed E-state index contributed by atoms with van der Waals surface area (Å²) in [5.74, 6) is -0.607. The molecule has 3 rings (SSSR count). The van der Waals surface area contributed by atoms with Gasteiger partial charge in [-0.25, -0.2) is 4.79 Å². The lowest BCUT2D eigenvalue weighted by atomic mass is 9.64. The number of allylic oxidation sites excluding steroid dienone is 1. The average Bonchev–Trinajstić information content (AvgIpc) is 3.01. The molecule has 5 nitrogen and oxygen atoms in total. The number of ether oxygens (including phenoxy) is 1. The molecule has 132 valence electrons. The van der Waals surface area contributed by atoms with Gasteiger partial charge in [-0.1, -0.05) is 18.7 Å². The molecule has 2 fully saturated rings. The Morgan fingerprint density at radius 3 is 2.44 bits per heavy atom. The number of ketones is 1. The van der Waals surface area contributed by atoms with Crippen molar-refractivity contribution in [1.29, 1.82) is 0 Å². The van der Waals surface area contributed by atoms with Gasteiger partial charge in [0, 0.05) is 25.9 Å². The Hall–Kier alpha value is -2.43. The molecule has 1 heterocycles. The standard InChI is InChI=1S/C20H23NO4/c1-13(14-6-8-15(9-7-14)18(23)25-3)16-10-12-21(2)19(24)20(16)11-4-5-17(20)22/h6-9,16H,1,4-5,10-12H2,2-3H3/t16-,20+/m1/s1. The normalized spacial score (nSPS) is 26.2. The van der Waals surface area contributed by atoms with E-state index in [4.69, 9.17) is 4.74 Å². The first-order valence-electron chi connectivity index (χ1n) is 8.58. The van der Waals surface area contributed by atoms with Crippen LogP contribution < -0.4 is 0 Å². The molecule has 1 aromatic carbocycles. The summed E-state index contributed by atoms with van der Waals surface area (Å²) in [7, 11) is 3.11. The van der Waals surface area contributed by atoms with Gasteiger partial charge < -0.3 is 9.64 Å². The van der Waals surface area contributed by atoms with Crippen LogP contribution in [-0.4, -0.2) is 43.3 Å². The van der Waals surface area contributed by atoms with Crippen LogP contribution in [0.3, 0.4) is 0 Å². The van der Waals surface area contributed by atoms with Crippen molar-refractivity contribution < 1.29 is 19.1 Å². The molecule has 0 unspecified atom stereocenters. The number of likely N-dealkylation sites (tertiary alicyclic amines) is 1. The molecule has 1 spiro atoms. The summed E-state index contributed by atoms with van der Waals surface area (Å²) in [6.45, 7) is 4.84. The third-order valence-corrected chi connectivity index (χ3v) is 5.65. The van der Waals surface area contributed by atoms with Crippen LogP contribution in [0.5, 0.6) is 0 Å². The van der Waals surface area contributed by atoms with Crippen LogP contribution in [0.25, 0.3) is 5.57 Å². The fraction of sp³-hybridized carbons (Fsp3) is 0.450. The van der Waals surface area contributed by atoms with Crippen LogP contribution >= 0.6 is 0 Å². The van der Waals surface area contributed by atoms with Crippen molar-refractivity contribution in [2.45, 2.75) is 25.7 Å². The Bertz CT molecular complexity index is 737. The van der Waals surface area contributed by atoms with E-state index in [1.54, 1.807) is 24.1 Å². The summed E-state index contributed by atoms with van der Waals surface area (Å²) < 4.78 is 4.71. The molecule has 2 atom stereocenters. The second-order valence-electron chi connectivity index (χ2n) is 6.91. The van der Waals surface area contributed by atoms with Crippen molar-refractivity contribution >= 4 is 23.2 Å². The van der Waals surface area contributed by atoms with E-state index in [2.05, 4.69) is 6.58 Å². The van der Waals surface area contributed by atoms with Crippen LogP contribution in [-0.2, 0) is 14.3 Å². The second-order valence-corrected chi connectivity index (χ2v) is 6.91. The van der Waals surface area contributed by atoms with Gasteiger partial charge >= 0.3 is 5.97 Å². The predicted molar refractivity (Wildman–Crippen MR) is 93.9 cm³/mol. The summed E-state index contributed by atoms with van der Waals surface area (Å²) in [6, 6.07) is 6.99. The first-order chi connectivity index (χ1) is 11.9. The van der Waals surface area contributed by atoms with Crippen molar-refractivity contribution in [3.63, 3.8) is 0 Å². The van der Waals surface area contributed by atoms with Crippen molar-refractivity contribution in [2.24, 2.45) is 11.3 Å². The molecule has 0 radical (unpaired) electrons. The van der Waals surface area contributed by atoms with Crippen molar-refractivity contribution in [3.8, 4) is 0 Å². The number of nitrogens with zero attached hydrogens (tertiary/aromatic N) is 1. The number of rotatable bonds is 3. The number of benzene rings is 1. The molecule has 1 aromatic rings. The minimum atomic E-state index is -0.953. The van der Waals surface area contributed by atoms with E-state index in [9.17, 15) is 14.4 Å². The smallest absolute Gasteiger partial charge is 0.337 e. The third-order valence-electron chi connectivity index (χ3n) is 5.65. The zero-order valence-corrected chi connectivity index (χ0v) is 14.7. The van der Waals surface area contributed by atoms with Crippen LogP contribution in [0.15, 0.2) is 30.8 Å². The third kappa shape index (κ3) is 2.68. The van der Waals surface area contributed by atoms with E-state index in [1.807, 2.05) is 12.1 Å². The average molecular weight is 341 g/mol. The molecule has 1 aliphatic carbocycles. The lowest BCUT2D eigenvalue weighted by molar-refractivity contribution is -0.153. The maximum absolute atomic E-state index is 12.9. The fourth-order valence-electron chi connectivity index (χ4n) is 4.26. The van der Waals surface area contributed by atoms with Gasteiger partial charge in [-0.3, -0.25) is 9.59 Å². The van der Waals surface area contributed by atoms with Gasteiger partial charge in [-0.2, -0.15) is 0 Å². The Morgan fingerprint density at radius 2 is 1.88 bits per heavy atom. The van der Waals surface area contributed by atoms with E-state index in [-0.39, 0.29) is 17.6 Å². The monoisotopic (exact) mass is 341 g/mol. The highest BCUT2D eigenvalue weighted by molar-refractivity contribution is 6.09. The Labute approximate surface area is 147 Å². The Morgan fingerprint density at radius 1 is 1.24 bits per heavy atom. The summed E-state index contributed by atoms with van der Waals surface area (Å²) in [5, 5.41) is 0. The maximum Gasteiger partial charge on any atom is 0.337 e. The lowest BCUT2D eigenvalue weighted by Crippen LogP contribution is -2.54. The molecule has 0 N–H and O–H groups in total. The Kier molecular flexibility index (Phi) is 4.50. The van der Waals surface area contributed by atoms with Gasteiger partial charge in [-0.05, 0) is 42.5 Å². The van der Waals surface area contributed by atoms with E-state index >= 15 is 0 Å². The molecule has 1 aliphatic heterocycles. The van der Waals surface area contributed by atoms with Crippen LogP contribution in [0.4, 0.5) is 0 Å². The van der Waals surface area contributed by atoms with Crippen LogP contribution in [0.1, 0.15) is 41.6 Å². The number of esters is 1. The maximum atomic E-state index is 12.9. The molecule has 2 aliphatic rings. The number of methoxy groups -OCH3 is 1. The molecule has 1 amide bonds. The molecular formula is C20H23NO4. The molecule has 1 saturated heterocycles. The zero-order chi connectivity index (χ0) is 18.2. The van der Waals surface area contributed by atoms with Crippen LogP contribution in [0.2, 0.25) is 0 Å². The number of amides is 1. The van der Waals surface area contributed by atoms with Crippen molar-refractivity contribution in [1.82, 2.24) is 4.90 Å². The number of piperidine rings is 1. The van der Waals surface area contributed by atoms with Crippen molar-refractivity contribution in [2.75, 3.05) is 20.7 Å². The van der Waals surface area contributed by atoms with E-state index in [1.165, 1.54) is 7.11 Å². The van der Waals surface area contributed by atoms with Crippen molar-refractivity contribution in [3.05, 3.63) is 42.0 Å². The molecule has 0 aromatic heterocycles. The van der Waals surface area contributed by atoms with Gasteiger partial charge in [0.15, 0.2) is 0 Å². The fourth-order valence-corrected chi connectivity index (χ4v) is 4.26. The number of hydrogen-bond donors (Lipinski definition) is 0. The van der Waals surface area contributed by atoms with Gasteiger partial charge in [0.1, 0.15) is 11.2 Å².